The van der Waals surface area contributed by atoms with Crippen LogP contribution in [0.1, 0.15) is 5.56 Å². The van der Waals surface area contributed by atoms with Gasteiger partial charge in [0.1, 0.15) is 6.61 Å². The predicted octanol–water partition coefficient (Wildman–Crippen LogP) is 2.19. The zero-order chi connectivity index (χ0) is 11.2. The maximum absolute atomic E-state index is 5.46. The number of benzene rings is 1. The average molecular weight is 217 g/mol. The monoisotopic (exact) mass is 217 g/mol. The summed E-state index contributed by atoms with van der Waals surface area (Å²) in [4.78, 5) is 4.35. The van der Waals surface area contributed by atoms with Crippen molar-refractivity contribution >= 4 is 5.90 Å². The zero-order valence-corrected chi connectivity index (χ0v) is 9.13. The lowest BCUT2D eigenvalue weighted by Crippen LogP contribution is -2.11. The van der Waals surface area contributed by atoms with E-state index in [1.54, 1.807) is 6.08 Å². The Morgan fingerprint density at radius 1 is 1.44 bits per heavy atom. The van der Waals surface area contributed by atoms with Gasteiger partial charge >= 0.3 is 0 Å². The fraction of sp³-hybridized carbons (Fsp3) is 0.308. The molecule has 2 rings (SSSR count). The van der Waals surface area contributed by atoms with Crippen LogP contribution in [-0.4, -0.2) is 25.3 Å². The number of ether oxygens (including phenoxy) is 2. The number of aliphatic imine (C=N–C) groups is 1. The van der Waals surface area contributed by atoms with Crippen LogP contribution < -0.4 is 0 Å². The summed E-state index contributed by atoms with van der Waals surface area (Å²) in [6, 6.07) is 10.1. The van der Waals surface area contributed by atoms with Gasteiger partial charge in [-0.25, -0.2) is 4.99 Å². The van der Waals surface area contributed by atoms with Crippen LogP contribution in [0.25, 0.3) is 0 Å². The van der Waals surface area contributed by atoms with Gasteiger partial charge in [-0.1, -0.05) is 36.4 Å². The van der Waals surface area contributed by atoms with Crippen molar-refractivity contribution in [2.45, 2.75) is 12.6 Å². The molecule has 1 unspecified atom stereocenters. The molecule has 3 nitrogen and oxygen atoms in total. The molecular formula is C13H15NO2. The standard InChI is InChI=1S/C13H15NO2/c1-2-8-15-13-10-16-12(14-13)9-11-6-4-3-5-7-11/h2-7,13H,1,8-10H2. The maximum Gasteiger partial charge on any atom is 0.190 e. The maximum atomic E-state index is 5.46. The highest BCUT2D eigenvalue weighted by Crippen LogP contribution is 2.10. The summed E-state index contributed by atoms with van der Waals surface area (Å²) in [5, 5.41) is 0. The highest BCUT2D eigenvalue weighted by Gasteiger charge is 2.18. The van der Waals surface area contributed by atoms with E-state index in [-0.39, 0.29) is 6.23 Å². The second-order valence-corrected chi connectivity index (χ2v) is 3.57. The Kier molecular flexibility index (Phi) is 3.72. The molecule has 1 aromatic rings. The first-order valence-electron chi connectivity index (χ1n) is 5.34. The Balaban J connectivity index is 1.89. The van der Waals surface area contributed by atoms with Gasteiger partial charge in [-0.3, -0.25) is 0 Å². The minimum atomic E-state index is -0.170. The van der Waals surface area contributed by atoms with Crippen LogP contribution in [0.15, 0.2) is 48.0 Å². The molecule has 1 heterocycles. The van der Waals surface area contributed by atoms with Crippen molar-refractivity contribution in [1.82, 2.24) is 0 Å². The van der Waals surface area contributed by atoms with Gasteiger partial charge in [0.15, 0.2) is 12.1 Å². The van der Waals surface area contributed by atoms with E-state index in [0.29, 0.717) is 13.2 Å². The summed E-state index contributed by atoms with van der Waals surface area (Å²) in [6.07, 6.45) is 2.27. The lowest BCUT2D eigenvalue weighted by Gasteiger charge is -2.02. The first-order chi connectivity index (χ1) is 7.88. The Bertz CT molecular complexity index is 373. The third-order valence-corrected chi connectivity index (χ3v) is 2.29. The van der Waals surface area contributed by atoms with Gasteiger partial charge in [0.25, 0.3) is 0 Å². The third-order valence-electron chi connectivity index (χ3n) is 2.29. The molecule has 0 fully saturated rings. The van der Waals surface area contributed by atoms with Crippen molar-refractivity contribution in [3.63, 3.8) is 0 Å². The van der Waals surface area contributed by atoms with Gasteiger partial charge in [0, 0.05) is 6.42 Å². The molecule has 84 valence electrons. The van der Waals surface area contributed by atoms with Crippen LogP contribution in [0.5, 0.6) is 0 Å². The third kappa shape index (κ3) is 2.94. The van der Waals surface area contributed by atoms with Crippen molar-refractivity contribution in [3.8, 4) is 0 Å². The molecule has 1 atom stereocenters. The van der Waals surface area contributed by atoms with Crippen molar-refractivity contribution in [2.75, 3.05) is 13.2 Å². The first kappa shape index (κ1) is 10.9. The Morgan fingerprint density at radius 3 is 3.00 bits per heavy atom. The summed E-state index contributed by atoms with van der Waals surface area (Å²) < 4.78 is 10.8. The van der Waals surface area contributed by atoms with E-state index < -0.39 is 0 Å². The molecule has 0 N–H and O–H groups in total. The second kappa shape index (κ2) is 5.47. The van der Waals surface area contributed by atoms with E-state index in [4.69, 9.17) is 9.47 Å². The van der Waals surface area contributed by atoms with Crippen molar-refractivity contribution in [1.29, 1.82) is 0 Å². The molecule has 0 bridgehead atoms. The van der Waals surface area contributed by atoms with Crippen LogP contribution in [0.4, 0.5) is 0 Å². The van der Waals surface area contributed by atoms with Crippen molar-refractivity contribution in [2.24, 2.45) is 4.99 Å². The summed E-state index contributed by atoms with van der Waals surface area (Å²) in [7, 11) is 0. The Hall–Kier alpha value is -1.61. The van der Waals surface area contributed by atoms with Gasteiger partial charge in [-0.15, -0.1) is 6.58 Å². The van der Waals surface area contributed by atoms with E-state index in [0.717, 1.165) is 12.3 Å². The van der Waals surface area contributed by atoms with Crippen LogP contribution in [-0.2, 0) is 15.9 Å². The SMILES string of the molecule is C=CCOC1COC(Cc2ccccc2)=N1. The van der Waals surface area contributed by atoms with E-state index in [1.807, 2.05) is 18.2 Å². The van der Waals surface area contributed by atoms with E-state index in [1.165, 1.54) is 5.56 Å². The smallest absolute Gasteiger partial charge is 0.190 e. The van der Waals surface area contributed by atoms with Crippen LogP contribution in [0, 0.1) is 0 Å². The predicted molar refractivity (Wildman–Crippen MR) is 63.5 cm³/mol. The molecule has 1 aliphatic heterocycles. The molecule has 0 saturated carbocycles. The normalized spacial score (nSPS) is 19.0. The Labute approximate surface area is 95.4 Å². The van der Waals surface area contributed by atoms with E-state index in [2.05, 4.69) is 23.7 Å². The molecule has 0 radical (unpaired) electrons. The van der Waals surface area contributed by atoms with Crippen LogP contribution in [0.2, 0.25) is 0 Å². The van der Waals surface area contributed by atoms with Gasteiger partial charge < -0.3 is 9.47 Å². The largest absolute Gasteiger partial charge is 0.476 e. The lowest BCUT2D eigenvalue weighted by atomic mass is 10.1. The van der Waals surface area contributed by atoms with Gasteiger partial charge in [0.05, 0.1) is 6.61 Å². The average Bonchev–Trinajstić information content (AvgIpc) is 2.75. The highest BCUT2D eigenvalue weighted by molar-refractivity contribution is 5.79. The number of nitrogens with zero attached hydrogens (tertiary/aromatic N) is 1. The molecule has 0 spiro atoms. The molecule has 0 aromatic heterocycles. The molecular weight excluding hydrogens is 202 g/mol. The van der Waals surface area contributed by atoms with Crippen molar-refractivity contribution < 1.29 is 9.47 Å². The zero-order valence-electron chi connectivity index (χ0n) is 9.13. The number of rotatable bonds is 5. The summed E-state index contributed by atoms with van der Waals surface area (Å²) in [5.74, 6) is 0.750. The van der Waals surface area contributed by atoms with E-state index in [9.17, 15) is 0 Å². The highest BCUT2D eigenvalue weighted by atomic mass is 16.6. The molecule has 16 heavy (non-hydrogen) atoms. The number of hydrogen-bond donors (Lipinski definition) is 0. The molecule has 1 aliphatic rings. The summed E-state index contributed by atoms with van der Waals surface area (Å²) in [5.41, 5.74) is 1.20. The first-order valence-corrected chi connectivity index (χ1v) is 5.34. The fourth-order valence-electron chi connectivity index (χ4n) is 1.53. The van der Waals surface area contributed by atoms with Crippen LogP contribution >= 0.6 is 0 Å². The molecule has 3 heteroatoms. The Morgan fingerprint density at radius 2 is 2.25 bits per heavy atom. The quantitative estimate of drug-likeness (QED) is 0.708. The van der Waals surface area contributed by atoms with Gasteiger partial charge in [-0.05, 0) is 5.56 Å². The van der Waals surface area contributed by atoms with Gasteiger partial charge in [-0.2, -0.15) is 0 Å². The summed E-state index contributed by atoms with van der Waals surface area (Å²) in [6.45, 7) is 4.61. The van der Waals surface area contributed by atoms with Crippen molar-refractivity contribution in [3.05, 3.63) is 48.6 Å². The molecule has 0 saturated heterocycles. The van der Waals surface area contributed by atoms with Crippen LogP contribution in [0.3, 0.4) is 0 Å². The minimum Gasteiger partial charge on any atom is -0.476 e. The minimum absolute atomic E-state index is 0.170. The molecule has 1 aromatic carbocycles. The summed E-state index contributed by atoms with van der Waals surface area (Å²) >= 11 is 0. The number of hydrogen-bond acceptors (Lipinski definition) is 3. The molecule has 0 amide bonds. The van der Waals surface area contributed by atoms with Gasteiger partial charge in [0.2, 0.25) is 0 Å². The fourth-order valence-corrected chi connectivity index (χ4v) is 1.53. The second-order valence-electron chi connectivity index (χ2n) is 3.57. The topological polar surface area (TPSA) is 30.8 Å². The van der Waals surface area contributed by atoms with E-state index >= 15 is 0 Å². The lowest BCUT2D eigenvalue weighted by molar-refractivity contribution is 0.0591. The molecule has 0 aliphatic carbocycles.